The van der Waals surface area contributed by atoms with E-state index < -0.39 is 40.7 Å². The molecule has 2 unspecified atom stereocenters. The van der Waals surface area contributed by atoms with Crippen molar-refractivity contribution in [1.29, 1.82) is 0 Å². The first kappa shape index (κ1) is 23.7. The SMILES string of the molecule is CC1(C)[C@@H](OC(=O)C2CC2)CC[C@]2(C)[C@@H]3C(Oc4cc(-c5cccnc5)oc(=O)c4[C@@H]3O)C(O)C[C@@H]12. The Bertz CT molecular complexity index is 1240. The number of hydrogen-bond acceptors (Lipinski definition) is 8. The van der Waals surface area contributed by atoms with Gasteiger partial charge in [-0.15, -0.1) is 0 Å². The van der Waals surface area contributed by atoms with Crippen LogP contribution >= 0.6 is 0 Å². The second kappa shape index (κ2) is 8.15. The average molecular weight is 496 g/mol. The summed E-state index contributed by atoms with van der Waals surface area (Å²) in [6.45, 7) is 6.29. The summed E-state index contributed by atoms with van der Waals surface area (Å²) in [6, 6.07) is 5.12. The third kappa shape index (κ3) is 3.52. The summed E-state index contributed by atoms with van der Waals surface area (Å²) in [5.41, 5.74) is -0.795. The van der Waals surface area contributed by atoms with Crippen LogP contribution in [0.15, 0.2) is 39.8 Å². The molecular formula is C28H33NO7. The summed E-state index contributed by atoms with van der Waals surface area (Å²) in [5.74, 6) is -0.116. The van der Waals surface area contributed by atoms with Crippen LogP contribution in [-0.2, 0) is 9.53 Å². The first-order valence-corrected chi connectivity index (χ1v) is 12.9. The molecule has 2 N–H and O–H groups in total. The number of carbonyl (C=O) groups is 1. The molecule has 3 heterocycles. The minimum absolute atomic E-state index is 0.0243. The lowest BCUT2D eigenvalue weighted by Gasteiger charge is -2.63. The van der Waals surface area contributed by atoms with Crippen LogP contribution in [0.4, 0.5) is 0 Å². The highest BCUT2D eigenvalue weighted by molar-refractivity contribution is 5.75. The molecular weight excluding hydrogens is 462 g/mol. The molecule has 0 aromatic carbocycles. The molecule has 7 atom stereocenters. The number of ether oxygens (including phenoxy) is 2. The molecule has 6 rings (SSSR count). The normalized spacial score (nSPS) is 36.6. The zero-order valence-corrected chi connectivity index (χ0v) is 20.8. The molecule has 3 aliphatic carbocycles. The van der Waals surface area contributed by atoms with Gasteiger partial charge >= 0.3 is 11.6 Å². The van der Waals surface area contributed by atoms with Crippen molar-refractivity contribution in [2.45, 2.75) is 77.3 Å². The Hall–Kier alpha value is -2.71. The first-order chi connectivity index (χ1) is 17.1. The van der Waals surface area contributed by atoms with Crippen LogP contribution in [0.25, 0.3) is 11.3 Å². The van der Waals surface area contributed by atoms with Gasteiger partial charge in [0, 0.05) is 35.4 Å². The summed E-state index contributed by atoms with van der Waals surface area (Å²) >= 11 is 0. The Morgan fingerprint density at radius 3 is 2.67 bits per heavy atom. The highest BCUT2D eigenvalue weighted by Crippen LogP contribution is 2.64. The monoisotopic (exact) mass is 495 g/mol. The van der Waals surface area contributed by atoms with Crippen molar-refractivity contribution in [3.05, 3.63) is 46.6 Å². The molecule has 3 saturated carbocycles. The van der Waals surface area contributed by atoms with E-state index in [0.717, 1.165) is 12.8 Å². The molecule has 0 bridgehead atoms. The molecule has 0 radical (unpaired) electrons. The van der Waals surface area contributed by atoms with Crippen LogP contribution in [0.2, 0.25) is 0 Å². The van der Waals surface area contributed by atoms with E-state index in [9.17, 15) is 19.8 Å². The van der Waals surface area contributed by atoms with E-state index in [1.807, 2.05) is 0 Å². The van der Waals surface area contributed by atoms with Gasteiger partial charge in [-0.1, -0.05) is 20.8 Å². The van der Waals surface area contributed by atoms with Crippen LogP contribution in [0, 0.1) is 28.6 Å². The minimum atomic E-state index is -1.15. The second-order valence-electron chi connectivity index (χ2n) is 11.9. The number of pyridine rings is 1. The number of nitrogens with zero attached hydrogens (tertiary/aromatic N) is 1. The van der Waals surface area contributed by atoms with Crippen LogP contribution < -0.4 is 10.4 Å². The van der Waals surface area contributed by atoms with E-state index in [-0.39, 0.29) is 35.2 Å². The lowest BCUT2D eigenvalue weighted by molar-refractivity contribution is -0.228. The van der Waals surface area contributed by atoms with E-state index in [0.29, 0.717) is 30.6 Å². The number of carbonyl (C=O) groups excluding carboxylic acids is 1. The Morgan fingerprint density at radius 1 is 1.19 bits per heavy atom. The second-order valence-corrected chi connectivity index (χ2v) is 11.9. The van der Waals surface area contributed by atoms with Gasteiger partial charge in [0.1, 0.15) is 29.3 Å². The summed E-state index contributed by atoms with van der Waals surface area (Å²) in [7, 11) is 0. The van der Waals surface area contributed by atoms with Crippen molar-refractivity contribution >= 4 is 5.97 Å². The van der Waals surface area contributed by atoms with Crippen molar-refractivity contribution in [3.8, 4) is 17.1 Å². The predicted molar refractivity (Wildman–Crippen MR) is 129 cm³/mol. The van der Waals surface area contributed by atoms with Crippen LogP contribution in [0.3, 0.4) is 0 Å². The topological polar surface area (TPSA) is 119 Å². The number of esters is 1. The zero-order valence-electron chi connectivity index (χ0n) is 20.8. The third-order valence-electron chi connectivity index (χ3n) is 9.41. The van der Waals surface area contributed by atoms with Gasteiger partial charge in [0.15, 0.2) is 0 Å². The van der Waals surface area contributed by atoms with Gasteiger partial charge in [-0.3, -0.25) is 9.78 Å². The Labute approximate surface area is 209 Å². The predicted octanol–water partition coefficient (Wildman–Crippen LogP) is 3.64. The highest BCUT2D eigenvalue weighted by Gasteiger charge is 2.64. The maximum atomic E-state index is 13.1. The van der Waals surface area contributed by atoms with Gasteiger partial charge in [0.05, 0.1) is 18.1 Å². The van der Waals surface area contributed by atoms with E-state index in [1.165, 1.54) is 0 Å². The van der Waals surface area contributed by atoms with E-state index in [1.54, 1.807) is 30.6 Å². The zero-order chi connectivity index (χ0) is 25.4. The van der Waals surface area contributed by atoms with Crippen molar-refractivity contribution in [1.82, 2.24) is 4.98 Å². The Morgan fingerprint density at radius 2 is 1.97 bits per heavy atom. The van der Waals surface area contributed by atoms with Gasteiger partial charge < -0.3 is 24.1 Å². The molecule has 0 spiro atoms. The molecule has 4 aliphatic rings. The average Bonchev–Trinajstić information content (AvgIpc) is 3.69. The molecule has 192 valence electrons. The van der Waals surface area contributed by atoms with Crippen molar-refractivity contribution < 1.29 is 28.9 Å². The standard InChI is InChI=1S/C28H33NO7/c1-27(2)19-11-16(30)24-22(28(19,3)9-8-20(27)36-25(32)14-6-7-14)23(31)21-18(34-24)12-17(35-26(21)33)15-5-4-10-29-13-15/h4-5,10,12-14,16,19-20,22-24,30-31H,6-9,11H2,1-3H3/t16?,19-,20-,22-,23-,24?,28-/m0/s1. The number of aliphatic hydroxyl groups is 2. The van der Waals surface area contributed by atoms with Crippen LogP contribution in [-0.4, -0.2) is 39.5 Å². The van der Waals surface area contributed by atoms with Crippen LogP contribution in [0.1, 0.15) is 64.5 Å². The molecule has 1 aliphatic heterocycles. The van der Waals surface area contributed by atoms with Gasteiger partial charge in [-0.25, -0.2) is 4.79 Å². The lowest BCUT2D eigenvalue weighted by atomic mass is 9.45. The van der Waals surface area contributed by atoms with Crippen molar-refractivity contribution in [3.63, 3.8) is 0 Å². The van der Waals surface area contributed by atoms with Gasteiger partial charge in [-0.05, 0) is 55.6 Å². The molecule has 8 heteroatoms. The quantitative estimate of drug-likeness (QED) is 0.620. The van der Waals surface area contributed by atoms with Crippen molar-refractivity contribution in [2.24, 2.45) is 28.6 Å². The van der Waals surface area contributed by atoms with Crippen LogP contribution in [0.5, 0.6) is 5.75 Å². The van der Waals surface area contributed by atoms with Gasteiger partial charge in [0.25, 0.3) is 0 Å². The van der Waals surface area contributed by atoms with Crippen molar-refractivity contribution in [2.75, 3.05) is 0 Å². The fourth-order valence-corrected chi connectivity index (χ4v) is 7.31. The maximum absolute atomic E-state index is 13.1. The Balaban J connectivity index is 1.36. The minimum Gasteiger partial charge on any atom is -0.486 e. The largest absolute Gasteiger partial charge is 0.486 e. The van der Waals surface area contributed by atoms with E-state index in [2.05, 4.69) is 25.8 Å². The summed E-state index contributed by atoms with van der Waals surface area (Å²) < 4.78 is 17.9. The summed E-state index contributed by atoms with van der Waals surface area (Å²) in [4.78, 5) is 29.7. The lowest BCUT2D eigenvalue weighted by Crippen LogP contribution is -2.65. The number of aromatic nitrogens is 1. The molecule has 0 saturated heterocycles. The van der Waals surface area contributed by atoms with Gasteiger partial charge in [0.2, 0.25) is 0 Å². The number of hydrogen-bond donors (Lipinski definition) is 2. The maximum Gasteiger partial charge on any atom is 0.345 e. The number of aliphatic hydroxyl groups excluding tert-OH is 2. The Kier molecular flexibility index (Phi) is 5.36. The van der Waals surface area contributed by atoms with E-state index in [4.69, 9.17) is 13.9 Å². The summed E-state index contributed by atoms with van der Waals surface area (Å²) in [6.07, 6.45) is 3.89. The first-order valence-electron chi connectivity index (χ1n) is 12.9. The molecule has 3 fully saturated rings. The smallest absolute Gasteiger partial charge is 0.345 e. The van der Waals surface area contributed by atoms with E-state index >= 15 is 0 Å². The molecule has 2 aromatic heterocycles. The molecule has 2 aromatic rings. The van der Waals surface area contributed by atoms with Gasteiger partial charge in [-0.2, -0.15) is 0 Å². The fraction of sp³-hybridized carbons (Fsp3) is 0.607. The number of fused-ring (bicyclic) bond motifs is 4. The third-order valence-corrected chi connectivity index (χ3v) is 9.41. The molecule has 0 amide bonds. The molecule has 8 nitrogen and oxygen atoms in total. The fourth-order valence-electron chi connectivity index (χ4n) is 7.31. The molecule has 36 heavy (non-hydrogen) atoms. The number of rotatable bonds is 3. The highest BCUT2D eigenvalue weighted by atomic mass is 16.5. The summed E-state index contributed by atoms with van der Waals surface area (Å²) in [5, 5.41) is 22.9.